The van der Waals surface area contributed by atoms with E-state index in [2.05, 4.69) is 20.3 Å². The highest BCUT2D eigenvalue weighted by Crippen LogP contribution is 2.34. The van der Waals surface area contributed by atoms with Crippen LogP contribution in [0, 0.1) is 0 Å². The van der Waals surface area contributed by atoms with Gasteiger partial charge in [-0.25, -0.2) is 8.42 Å². The standard InChI is InChI=1S/C24H25ClN4O3S2/c1-32-22-7-3-2-6-20(22)28-34(30,31)23-16-19(12-13-21(23)29-14-4-5-15-29)27-24(33)26-18-10-8-17(25)9-11-18/h2-3,6-13,16,28H,4-5,14-15H2,1H3,(H2,26,27,33). The average molecular weight is 517 g/mol. The first-order chi connectivity index (χ1) is 16.4. The summed E-state index contributed by atoms with van der Waals surface area (Å²) in [5, 5.41) is 7.10. The molecule has 1 saturated heterocycles. The minimum atomic E-state index is -3.93. The van der Waals surface area contributed by atoms with Crippen LogP contribution in [0.1, 0.15) is 12.8 Å². The number of halogens is 1. The molecule has 1 aliphatic heterocycles. The van der Waals surface area contributed by atoms with E-state index in [1.54, 1.807) is 54.6 Å². The predicted octanol–water partition coefficient (Wildman–Crippen LogP) is 5.56. The lowest BCUT2D eigenvalue weighted by molar-refractivity contribution is 0.417. The van der Waals surface area contributed by atoms with Gasteiger partial charge in [-0.2, -0.15) is 0 Å². The van der Waals surface area contributed by atoms with Crippen LogP contribution in [-0.2, 0) is 10.0 Å². The van der Waals surface area contributed by atoms with Gasteiger partial charge in [0.2, 0.25) is 0 Å². The van der Waals surface area contributed by atoms with E-state index in [4.69, 9.17) is 28.6 Å². The number of ether oxygens (including phenoxy) is 1. The lowest BCUT2D eigenvalue weighted by atomic mass is 10.2. The molecule has 3 aromatic carbocycles. The molecule has 0 spiro atoms. The van der Waals surface area contributed by atoms with E-state index in [1.807, 2.05) is 12.1 Å². The Kier molecular flexibility index (Phi) is 7.45. The molecule has 0 aromatic heterocycles. The number of anilines is 4. The van der Waals surface area contributed by atoms with E-state index < -0.39 is 10.0 Å². The Morgan fingerprint density at radius 1 is 0.971 bits per heavy atom. The van der Waals surface area contributed by atoms with Crippen molar-refractivity contribution >= 4 is 61.7 Å². The molecule has 0 atom stereocenters. The van der Waals surface area contributed by atoms with E-state index in [0.717, 1.165) is 31.6 Å². The lowest BCUT2D eigenvalue weighted by Crippen LogP contribution is -2.24. The van der Waals surface area contributed by atoms with Gasteiger partial charge in [-0.05, 0) is 79.7 Å². The maximum absolute atomic E-state index is 13.5. The summed E-state index contributed by atoms with van der Waals surface area (Å²) in [7, 11) is -2.42. The number of hydrogen-bond acceptors (Lipinski definition) is 5. The Hall–Kier alpha value is -3.01. The summed E-state index contributed by atoms with van der Waals surface area (Å²) in [6.45, 7) is 1.61. The van der Waals surface area contributed by atoms with Crippen molar-refractivity contribution in [3.63, 3.8) is 0 Å². The van der Waals surface area contributed by atoms with Gasteiger partial charge < -0.3 is 20.3 Å². The van der Waals surface area contributed by atoms with Crippen LogP contribution >= 0.6 is 23.8 Å². The highest BCUT2D eigenvalue weighted by molar-refractivity contribution is 7.93. The molecule has 10 heteroatoms. The fourth-order valence-corrected chi connectivity index (χ4v) is 5.47. The van der Waals surface area contributed by atoms with Crippen LogP contribution in [0.25, 0.3) is 0 Å². The monoisotopic (exact) mass is 516 g/mol. The van der Waals surface area contributed by atoms with Crippen molar-refractivity contribution in [2.24, 2.45) is 0 Å². The SMILES string of the molecule is COc1ccccc1NS(=O)(=O)c1cc(NC(=S)Nc2ccc(Cl)cc2)ccc1N1CCCC1. The first kappa shape index (κ1) is 24.1. The van der Waals surface area contributed by atoms with Crippen LogP contribution in [0.5, 0.6) is 5.75 Å². The molecular formula is C24H25ClN4O3S2. The van der Waals surface area contributed by atoms with Gasteiger partial charge in [0.05, 0.1) is 18.5 Å². The minimum Gasteiger partial charge on any atom is -0.495 e. The van der Waals surface area contributed by atoms with Gasteiger partial charge in [-0.1, -0.05) is 23.7 Å². The van der Waals surface area contributed by atoms with Crippen molar-refractivity contribution in [1.82, 2.24) is 0 Å². The topological polar surface area (TPSA) is 82.7 Å². The average Bonchev–Trinajstić information content (AvgIpc) is 3.35. The van der Waals surface area contributed by atoms with Gasteiger partial charge in [-0.3, -0.25) is 4.72 Å². The molecule has 1 heterocycles. The van der Waals surface area contributed by atoms with Gasteiger partial charge in [0.15, 0.2) is 5.11 Å². The van der Waals surface area contributed by atoms with E-state index in [-0.39, 0.29) is 4.90 Å². The number of thiocarbonyl (C=S) groups is 1. The molecule has 3 aromatic rings. The first-order valence-corrected chi connectivity index (χ1v) is 13.0. The van der Waals surface area contributed by atoms with Crippen molar-refractivity contribution in [3.8, 4) is 5.75 Å². The van der Waals surface area contributed by atoms with Crippen LogP contribution in [-0.4, -0.2) is 33.7 Å². The third-order valence-corrected chi connectivity index (χ3v) is 7.26. The van der Waals surface area contributed by atoms with Gasteiger partial charge in [0.25, 0.3) is 10.0 Å². The molecule has 0 saturated carbocycles. The first-order valence-electron chi connectivity index (χ1n) is 10.7. The van der Waals surface area contributed by atoms with Gasteiger partial charge in [-0.15, -0.1) is 0 Å². The fourth-order valence-electron chi connectivity index (χ4n) is 3.78. The van der Waals surface area contributed by atoms with Crippen molar-refractivity contribution in [2.75, 3.05) is 40.5 Å². The molecule has 0 radical (unpaired) electrons. The van der Waals surface area contributed by atoms with Gasteiger partial charge in [0.1, 0.15) is 10.6 Å². The fraction of sp³-hybridized carbons (Fsp3) is 0.208. The summed E-state index contributed by atoms with van der Waals surface area (Å²) in [4.78, 5) is 2.25. The summed E-state index contributed by atoms with van der Waals surface area (Å²) < 4.78 is 35.0. The zero-order valence-electron chi connectivity index (χ0n) is 18.5. The number of sulfonamides is 1. The number of nitrogens with zero attached hydrogens (tertiary/aromatic N) is 1. The number of nitrogens with one attached hydrogen (secondary N) is 3. The Morgan fingerprint density at radius 2 is 1.62 bits per heavy atom. The van der Waals surface area contributed by atoms with Crippen LogP contribution in [0.3, 0.4) is 0 Å². The van der Waals surface area contributed by atoms with E-state index in [9.17, 15) is 8.42 Å². The largest absolute Gasteiger partial charge is 0.495 e. The van der Waals surface area contributed by atoms with E-state index >= 15 is 0 Å². The molecular weight excluding hydrogens is 492 g/mol. The van der Waals surface area contributed by atoms with Gasteiger partial charge >= 0.3 is 0 Å². The minimum absolute atomic E-state index is 0.166. The Balaban J connectivity index is 1.63. The molecule has 7 nitrogen and oxygen atoms in total. The summed E-state index contributed by atoms with van der Waals surface area (Å²) in [6.07, 6.45) is 2.04. The Labute approximate surface area is 210 Å². The molecule has 0 amide bonds. The van der Waals surface area contributed by atoms with Crippen molar-refractivity contribution in [3.05, 3.63) is 71.8 Å². The number of benzene rings is 3. The lowest BCUT2D eigenvalue weighted by Gasteiger charge is -2.23. The predicted molar refractivity (Wildman–Crippen MR) is 143 cm³/mol. The van der Waals surface area contributed by atoms with Crippen LogP contribution in [0.4, 0.5) is 22.7 Å². The maximum atomic E-state index is 13.5. The molecule has 0 unspecified atom stereocenters. The zero-order valence-corrected chi connectivity index (χ0v) is 20.9. The normalized spacial score (nSPS) is 13.4. The smallest absolute Gasteiger partial charge is 0.264 e. The molecule has 0 bridgehead atoms. The summed E-state index contributed by atoms with van der Waals surface area (Å²) in [5.74, 6) is 0.441. The summed E-state index contributed by atoms with van der Waals surface area (Å²) in [5.41, 5.74) is 2.34. The van der Waals surface area contributed by atoms with Crippen LogP contribution < -0.4 is 25.0 Å². The highest BCUT2D eigenvalue weighted by atomic mass is 35.5. The number of para-hydroxylation sites is 2. The van der Waals surface area contributed by atoms with Crippen molar-refractivity contribution in [1.29, 1.82) is 0 Å². The van der Waals surface area contributed by atoms with E-state index in [0.29, 0.717) is 32.9 Å². The number of rotatable bonds is 7. The van der Waals surface area contributed by atoms with Gasteiger partial charge in [0, 0.05) is 29.5 Å². The maximum Gasteiger partial charge on any atom is 0.264 e. The summed E-state index contributed by atoms with van der Waals surface area (Å²) >= 11 is 11.4. The molecule has 3 N–H and O–H groups in total. The molecule has 4 rings (SSSR count). The molecule has 34 heavy (non-hydrogen) atoms. The summed E-state index contributed by atoms with van der Waals surface area (Å²) in [6, 6.07) is 19.3. The molecule has 0 aliphatic carbocycles. The van der Waals surface area contributed by atoms with E-state index in [1.165, 1.54) is 7.11 Å². The molecule has 1 aliphatic rings. The second-order valence-electron chi connectivity index (χ2n) is 7.77. The Bertz CT molecular complexity index is 1280. The number of hydrogen-bond donors (Lipinski definition) is 3. The highest BCUT2D eigenvalue weighted by Gasteiger charge is 2.25. The quantitative estimate of drug-likeness (QED) is 0.355. The third-order valence-electron chi connectivity index (χ3n) is 5.41. The van der Waals surface area contributed by atoms with Crippen LogP contribution in [0.2, 0.25) is 5.02 Å². The van der Waals surface area contributed by atoms with Crippen molar-refractivity contribution in [2.45, 2.75) is 17.7 Å². The molecule has 1 fully saturated rings. The second kappa shape index (κ2) is 10.5. The third kappa shape index (κ3) is 5.72. The second-order valence-corrected chi connectivity index (χ2v) is 10.3. The zero-order chi connectivity index (χ0) is 24.1. The Morgan fingerprint density at radius 3 is 2.32 bits per heavy atom. The molecule has 178 valence electrons. The van der Waals surface area contributed by atoms with Crippen LogP contribution in [0.15, 0.2) is 71.6 Å². The number of methoxy groups -OCH3 is 1. The van der Waals surface area contributed by atoms with Crippen molar-refractivity contribution < 1.29 is 13.2 Å².